The van der Waals surface area contributed by atoms with Crippen LogP contribution in [0, 0.1) is 5.92 Å². The van der Waals surface area contributed by atoms with Gasteiger partial charge in [-0.3, -0.25) is 0 Å². The van der Waals surface area contributed by atoms with E-state index in [0.717, 1.165) is 24.2 Å². The third-order valence-corrected chi connectivity index (χ3v) is 4.23. The Bertz CT molecular complexity index is 373. The number of anilines is 1. The van der Waals surface area contributed by atoms with Crippen LogP contribution in [0.25, 0.3) is 0 Å². The molecule has 2 nitrogen and oxygen atoms in total. The fraction of sp³-hybridized carbons (Fsp3) is 0.545. The van der Waals surface area contributed by atoms with Crippen molar-refractivity contribution in [3.8, 4) is 0 Å². The van der Waals surface area contributed by atoms with Gasteiger partial charge in [0.2, 0.25) is 0 Å². The number of hydrogen-bond acceptors (Lipinski definition) is 2. The van der Waals surface area contributed by atoms with E-state index < -0.39 is 0 Å². The fourth-order valence-electron chi connectivity index (χ4n) is 2.02. The van der Waals surface area contributed by atoms with Crippen molar-refractivity contribution in [2.75, 3.05) is 23.3 Å². The van der Waals surface area contributed by atoms with Crippen LogP contribution < -0.4 is 4.90 Å². The van der Waals surface area contributed by atoms with Crippen molar-refractivity contribution in [3.63, 3.8) is 0 Å². The summed E-state index contributed by atoms with van der Waals surface area (Å²) in [6.07, 6.45) is 4.12. The van der Waals surface area contributed by atoms with E-state index in [1.807, 2.05) is 0 Å². The zero-order valence-electron chi connectivity index (χ0n) is 8.80. The molecule has 2 rings (SSSR count). The topological polar surface area (TPSA) is 16.1 Å². The molecule has 1 fully saturated rings. The Balaban J connectivity index is 2.16. The lowest BCUT2D eigenvalue weighted by Crippen LogP contribution is -2.36. The molecule has 0 radical (unpaired) electrons. The van der Waals surface area contributed by atoms with Crippen LogP contribution in [0.4, 0.5) is 5.82 Å². The van der Waals surface area contributed by atoms with Gasteiger partial charge in [-0.2, -0.15) is 0 Å². The minimum Gasteiger partial charge on any atom is -0.355 e. The number of halogens is 3. The normalized spacial score (nSPS) is 21.2. The smallest absolute Gasteiger partial charge is 0.147 e. The summed E-state index contributed by atoms with van der Waals surface area (Å²) in [4.78, 5) is 6.56. The number of rotatable bonds is 2. The number of alkyl halides is 1. The lowest BCUT2D eigenvalue weighted by Gasteiger charge is -2.33. The molecule has 1 aromatic heterocycles. The molecule has 0 saturated carbocycles. The Morgan fingerprint density at radius 3 is 3.00 bits per heavy atom. The molecule has 0 amide bonds. The van der Waals surface area contributed by atoms with Crippen molar-refractivity contribution in [1.82, 2.24) is 4.98 Å². The molecule has 1 aromatic rings. The standard InChI is InChI=1S/C11H13BrCl2N2/c12-5-8-2-1-3-16(7-8)11-10(14)4-9(13)6-15-11/h4,6,8H,1-3,5,7H2. The molecule has 16 heavy (non-hydrogen) atoms. The molecule has 1 aliphatic heterocycles. The van der Waals surface area contributed by atoms with E-state index in [2.05, 4.69) is 25.8 Å². The summed E-state index contributed by atoms with van der Waals surface area (Å²) in [5.74, 6) is 1.54. The van der Waals surface area contributed by atoms with E-state index in [-0.39, 0.29) is 0 Å². The molecule has 1 aliphatic rings. The molecule has 5 heteroatoms. The van der Waals surface area contributed by atoms with Crippen LogP contribution in [0.2, 0.25) is 10.0 Å². The molecule has 1 atom stereocenters. The van der Waals surface area contributed by atoms with Gasteiger partial charge in [0.25, 0.3) is 0 Å². The highest BCUT2D eigenvalue weighted by Gasteiger charge is 2.21. The largest absolute Gasteiger partial charge is 0.355 e. The Labute approximate surface area is 114 Å². The van der Waals surface area contributed by atoms with Crippen LogP contribution in [-0.2, 0) is 0 Å². The van der Waals surface area contributed by atoms with Gasteiger partial charge >= 0.3 is 0 Å². The second kappa shape index (κ2) is 5.56. The highest BCUT2D eigenvalue weighted by molar-refractivity contribution is 9.09. The minimum atomic E-state index is 0.586. The lowest BCUT2D eigenvalue weighted by molar-refractivity contribution is 0.453. The first-order valence-corrected chi connectivity index (χ1v) is 7.20. The van der Waals surface area contributed by atoms with Crippen LogP contribution >= 0.6 is 39.1 Å². The Morgan fingerprint density at radius 1 is 1.50 bits per heavy atom. The van der Waals surface area contributed by atoms with Gasteiger partial charge < -0.3 is 4.90 Å². The first kappa shape index (κ1) is 12.5. The van der Waals surface area contributed by atoms with Crippen LogP contribution in [0.5, 0.6) is 0 Å². The van der Waals surface area contributed by atoms with Crippen LogP contribution in [0.1, 0.15) is 12.8 Å². The summed E-state index contributed by atoms with van der Waals surface area (Å²) in [6.45, 7) is 2.04. The number of hydrogen-bond donors (Lipinski definition) is 0. The van der Waals surface area contributed by atoms with Crippen molar-refractivity contribution in [2.45, 2.75) is 12.8 Å². The SMILES string of the molecule is Clc1cnc(N2CCCC(CBr)C2)c(Cl)c1. The number of aromatic nitrogens is 1. The monoisotopic (exact) mass is 322 g/mol. The molecule has 0 aliphatic carbocycles. The molecule has 0 N–H and O–H groups in total. The first-order valence-electron chi connectivity index (χ1n) is 5.32. The molecule has 1 saturated heterocycles. The van der Waals surface area contributed by atoms with E-state index >= 15 is 0 Å². The van der Waals surface area contributed by atoms with Gasteiger partial charge in [-0.15, -0.1) is 0 Å². The van der Waals surface area contributed by atoms with E-state index in [1.54, 1.807) is 12.3 Å². The van der Waals surface area contributed by atoms with Crippen molar-refractivity contribution in [1.29, 1.82) is 0 Å². The molecular formula is C11H13BrCl2N2. The van der Waals surface area contributed by atoms with E-state index in [0.29, 0.717) is 16.0 Å². The van der Waals surface area contributed by atoms with Gasteiger partial charge in [0.1, 0.15) is 5.82 Å². The fourth-order valence-corrected chi connectivity index (χ4v) is 3.05. The first-order chi connectivity index (χ1) is 7.70. The van der Waals surface area contributed by atoms with Gasteiger partial charge in [-0.25, -0.2) is 4.98 Å². The molecular weight excluding hydrogens is 311 g/mol. The van der Waals surface area contributed by atoms with Gasteiger partial charge in [0, 0.05) is 24.6 Å². The summed E-state index contributed by atoms with van der Waals surface area (Å²) in [7, 11) is 0. The van der Waals surface area contributed by atoms with Crippen molar-refractivity contribution in [3.05, 3.63) is 22.3 Å². The van der Waals surface area contributed by atoms with Crippen molar-refractivity contribution >= 4 is 44.9 Å². The zero-order chi connectivity index (χ0) is 11.5. The second-order valence-corrected chi connectivity index (χ2v) is 5.56. The van der Waals surface area contributed by atoms with Gasteiger partial charge in [-0.05, 0) is 24.8 Å². The molecule has 0 spiro atoms. The summed E-state index contributed by atoms with van der Waals surface area (Å²) in [5, 5.41) is 2.26. The minimum absolute atomic E-state index is 0.586. The summed E-state index contributed by atoms with van der Waals surface area (Å²) in [5.41, 5.74) is 0. The Morgan fingerprint density at radius 2 is 2.31 bits per heavy atom. The number of piperidine rings is 1. The highest BCUT2D eigenvalue weighted by atomic mass is 79.9. The number of nitrogens with zero attached hydrogens (tertiary/aromatic N) is 2. The third kappa shape index (κ3) is 2.82. The second-order valence-electron chi connectivity index (χ2n) is 4.07. The predicted molar refractivity (Wildman–Crippen MR) is 73.0 cm³/mol. The molecule has 0 aromatic carbocycles. The quantitative estimate of drug-likeness (QED) is 0.765. The Kier molecular flexibility index (Phi) is 4.34. The summed E-state index contributed by atoms with van der Waals surface area (Å²) in [6, 6.07) is 1.75. The van der Waals surface area contributed by atoms with Gasteiger partial charge in [0.05, 0.1) is 10.0 Å². The zero-order valence-corrected chi connectivity index (χ0v) is 11.9. The predicted octanol–water partition coefficient (Wildman–Crippen LogP) is 4.00. The average Bonchev–Trinajstić information content (AvgIpc) is 2.29. The maximum atomic E-state index is 6.15. The van der Waals surface area contributed by atoms with Crippen LogP contribution in [0.3, 0.4) is 0 Å². The number of pyridine rings is 1. The summed E-state index contributed by atoms with van der Waals surface area (Å²) < 4.78 is 0. The molecule has 1 unspecified atom stereocenters. The van der Waals surface area contributed by atoms with Gasteiger partial charge in [0.15, 0.2) is 0 Å². The summed E-state index contributed by atoms with van der Waals surface area (Å²) >= 11 is 15.5. The third-order valence-electron chi connectivity index (χ3n) is 2.83. The Hall–Kier alpha value is 0.01000. The van der Waals surface area contributed by atoms with Crippen molar-refractivity contribution < 1.29 is 0 Å². The molecule has 0 bridgehead atoms. The van der Waals surface area contributed by atoms with Gasteiger partial charge in [-0.1, -0.05) is 39.1 Å². The maximum Gasteiger partial charge on any atom is 0.147 e. The maximum absolute atomic E-state index is 6.15. The van der Waals surface area contributed by atoms with E-state index in [1.165, 1.54) is 12.8 Å². The van der Waals surface area contributed by atoms with Crippen molar-refractivity contribution in [2.24, 2.45) is 5.92 Å². The lowest BCUT2D eigenvalue weighted by atomic mass is 10.0. The average molecular weight is 324 g/mol. The molecule has 88 valence electrons. The van der Waals surface area contributed by atoms with Crippen LogP contribution in [0.15, 0.2) is 12.3 Å². The highest BCUT2D eigenvalue weighted by Crippen LogP contribution is 2.29. The van der Waals surface area contributed by atoms with E-state index in [4.69, 9.17) is 23.2 Å². The van der Waals surface area contributed by atoms with E-state index in [9.17, 15) is 0 Å². The van der Waals surface area contributed by atoms with Crippen LogP contribution in [-0.4, -0.2) is 23.4 Å². The molecule has 2 heterocycles.